The molecule has 86 valence electrons. The Labute approximate surface area is 104 Å². The van der Waals surface area contributed by atoms with E-state index in [1.54, 1.807) is 24.3 Å². The molecule has 0 aliphatic carbocycles. The summed E-state index contributed by atoms with van der Waals surface area (Å²) < 4.78 is 0. The van der Waals surface area contributed by atoms with E-state index in [-0.39, 0.29) is 5.91 Å². The molecule has 0 heterocycles. The van der Waals surface area contributed by atoms with E-state index in [1.807, 2.05) is 0 Å². The maximum atomic E-state index is 11.3. The van der Waals surface area contributed by atoms with Crippen molar-refractivity contribution in [3.05, 3.63) is 35.9 Å². The standard InChI is InChI=1S/C11H13ClN2OS/c1-2-5-14-11(15)7-16-10-6-8(12)3-4-9(10)13/h2-4,6H,1,5,7,13H2,(H,14,15). The van der Waals surface area contributed by atoms with Crippen LogP contribution in [0.25, 0.3) is 0 Å². The Morgan fingerprint density at radius 1 is 1.62 bits per heavy atom. The van der Waals surface area contributed by atoms with E-state index in [4.69, 9.17) is 17.3 Å². The van der Waals surface area contributed by atoms with Crippen LogP contribution in [0, 0.1) is 0 Å². The number of nitrogen functional groups attached to an aromatic ring is 1. The second-order valence-corrected chi connectivity index (χ2v) is 4.52. The van der Waals surface area contributed by atoms with E-state index in [1.165, 1.54) is 11.8 Å². The van der Waals surface area contributed by atoms with E-state index in [0.717, 1.165) is 4.90 Å². The molecule has 1 aromatic carbocycles. The topological polar surface area (TPSA) is 55.1 Å². The monoisotopic (exact) mass is 256 g/mol. The van der Waals surface area contributed by atoms with Crippen LogP contribution in [0.2, 0.25) is 5.02 Å². The Morgan fingerprint density at radius 3 is 3.06 bits per heavy atom. The van der Waals surface area contributed by atoms with Crippen molar-refractivity contribution in [1.29, 1.82) is 0 Å². The first-order chi connectivity index (χ1) is 7.63. The van der Waals surface area contributed by atoms with Crippen molar-refractivity contribution in [3.63, 3.8) is 0 Å². The highest BCUT2D eigenvalue weighted by molar-refractivity contribution is 8.00. The van der Waals surface area contributed by atoms with Gasteiger partial charge in [-0.1, -0.05) is 17.7 Å². The van der Waals surface area contributed by atoms with Gasteiger partial charge in [0, 0.05) is 22.2 Å². The van der Waals surface area contributed by atoms with Gasteiger partial charge in [0.05, 0.1) is 5.75 Å². The highest BCUT2D eigenvalue weighted by Crippen LogP contribution is 2.27. The zero-order valence-electron chi connectivity index (χ0n) is 8.70. The molecule has 1 aromatic rings. The number of hydrogen-bond donors (Lipinski definition) is 2. The van der Waals surface area contributed by atoms with Gasteiger partial charge in [-0.15, -0.1) is 18.3 Å². The summed E-state index contributed by atoms with van der Waals surface area (Å²) in [5, 5.41) is 3.30. The lowest BCUT2D eigenvalue weighted by atomic mass is 10.3. The number of carbonyl (C=O) groups is 1. The Bertz CT molecular complexity index is 396. The molecular weight excluding hydrogens is 244 g/mol. The van der Waals surface area contributed by atoms with Gasteiger partial charge in [-0.3, -0.25) is 4.79 Å². The van der Waals surface area contributed by atoms with Crippen molar-refractivity contribution >= 4 is 35.0 Å². The highest BCUT2D eigenvalue weighted by Gasteiger charge is 2.05. The third kappa shape index (κ3) is 4.16. The summed E-state index contributed by atoms with van der Waals surface area (Å²) in [6, 6.07) is 5.20. The molecule has 0 saturated heterocycles. The smallest absolute Gasteiger partial charge is 0.230 e. The van der Waals surface area contributed by atoms with Gasteiger partial charge in [-0.05, 0) is 18.2 Å². The molecule has 16 heavy (non-hydrogen) atoms. The fourth-order valence-electron chi connectivity index (χ4n) is 1.01. The predicted molar refractivity (Wildman–Crippen MR) is 69.8 cm³/mol. The molecule has 3 nitrogen and oxygen atoms in total. The molecule has 0 radical (unpaired) electrons. The van der Waals surface area contributed by atoms with Crippen LogP contribution >= 0.6 is 23.4 Å². The Balaban J connectivity index is 2.50. The first-order valence-corrected chi connectivity index (χ1v) is 6.05. The molecule has 3 N–H and O–H groups in total. The zero-order valence-corrected chi connectivity index (χ0v) is 10.3. The fourth-order valence-corrected chi connectivity index (χ4v) is 2.08. The normalized spacial score (nSPS) is 9.81. The molecule has 0 spiro atoms. The molecule has 0 aliphatic rings. The van der Waals surface area contributed by atoms with Gasteiger partial charge in [-0.25, -0.2) is 0 Å². The minimum Gasteiger partial charge on any atom is -0.398 e. The van der Waals surface area contributed by atoms with Gasteiger partial charge in [0.2, 0.25) is 5.91 Å². The summed E-state index contributed by atoms with van der Waals surface area (Å²) in [5.74, 6) is 0.266. The van der Waals surface area contributed by atoms with Gasteiger partial charge >= 0.3 is 0 Å². The minimum absolute atomic E-state index is 0.0516. The lowest BCUT2D eigenvalue weighted by Crippen LogP contribution is -2.24. The van der Waals surface area contributed by atoms with Crippen molar-refractivity contribution in [3.8, 4) is 0 Å². The summed E-state index contributed by atoms with van der Waals surface area (Å²) in [6.07, 6.45) is 1.64. The number of thioether (sulfide) groups is 1. The third-order valence-electron chi connectivity index (χ3n) is 1.78. The maximum Gasteiger partial charge on any atom is 0.230 e. The van der Waals surface area contributed by atoms with Crippen LogP contribution < -0.4 is 11.1 Å². The van der Waals surface area contributed by atoms with E-state index in [2.05, 4.69) is 11.9 Å². The quantitative estimate of drug-likeness (QED) is 0.483. The number of anilines is 1. The molecular formula is C11H13ClN2OS. The molecule has 1 amide bonds. The van der Waals surface area contributed by atoms with Crippen LogP contribution in [-0.2, 0) is 4.79 Å². The molecule has 0 atom stereocenters. The predicted octanol–water partition coefficient (Wildman–Crippen LogP) is 2.32. The second kappa shape index (κ2) is 6.45. The lowest BCUT2D eigenvalue weighted by Gasteiger charge is -2.05. The van der Waals surface area contributed by atoms with E-state index < -0.39 is 0 Å². The van der Waals surface area contributed by atoms with Crippen molar-refractivity contribution in [2.24, 2.45) is 0 Å². The summed E-state index contributed by atoms with van der Waals surface area (Å²) in [6.45, 7) is 3.99. The Kier molecular flexibility index (Phi) is 5.22. The summed E-state index contributed by atoms with van der Waals surface area (Å²) in [7, 11) is 0. The highest BCUT2D eigenvalue weighted by atomic mass is 35.5. The van der Waals surface area contributed by atoms with Crippen molar-refractivity contribution < 1.29 is 4.79 Å². The number of benzene rings is 1. The lowest BCUT2D eigenvalue weighted by molar-refractivity contribution is -0.118. The SMILES string of the molecule is C=CCNC(=O)CSc1cc(Cl)ccc1N. The molecule has 0 unspecified atom stereocenters. The summed E-state index contributed by atoms with van der Waals surface area (Å²) >= 11 is 7.20. The zero-order chi connectivity index (χ0) is 12.0. The number of carbonyl (C=O) groups excluding carboxylic acids is 1. The molecule has 0 saturated carbocycles. The summed E-state index contributed by atoms with van der Waals surface area (Å²) in [5.41, 5.74) is 6.38. The van der Waals surface area contributed by atoms with Gasteiger partial charge in [0.1, 0.15) is 0 Å². The molecule has 0 fully saturated rings. The second-order valence-electron chi connectivity index (χ2n) is 3.06. The fraction of sp³-hybridized carbons (Fsp3) is 0.182. The average molecular weight is 257 g/mol. The Morgan fingerprint density at radius 2 is 2.38 bits per heavy atom. The van der Waals surface area contributed by atoms with Gasteiger partial charge in [-0.2, -0.15) is 0 Å². The first kappa shape index (κ1) is 12.9. The van der Waals surface area contributed by atoms with Crippen molar-refractivity contribution in [2.45, 2.75) is 4.90 Å². The van der Waals surface area contributed by atoms with Gasteiger partial charge < -0.3 is 11.1 Å². The molecule has 0 bridgehead atoms. The first-order valence-electron chi connectivity index (χ1n) is 4.69. The van der Waals surface area contributed by atoms with E-state index in [9.17, 15) is 4.79 Å². The number of nitrogens with one attached hydrogen (secondary N) is 1. The van der Waals surface area contributed by atoms with Crippen LogP contribution in [0.1, 0.15) is 0 Å². The van der Waals surface area contributed by atoms with E-state index >= 15 is 0 Å². The summed E-state index contributed by atoms with van der Waals surface area (Å²) in [4.78, 5) is 12.1. The van der Waals surface area contributed by atoms with Crippen LogP contribution in [0.15, 0.2) is 35.7 Å². The molecule has 5 heteroatoms. The van der Waals surface area contributed by atoms with Gasteiger partial charge in [0.15, 0.2) is 0 Å². The largest absolute Gasteiger partial charge is 0.398 e. The maximum absolute atomic E-state index is 11.3. The molecule has 1 rings (SSSR count). The average Bonchev–Trinajstić information content (AvgIpc) is 2.27. The number of nitrogens with two attached hydrogens (primary N) is 1. The van der Waals surface area contributed by atoms with Crippen LogP contribution in [0.5, 0.6) is 0 Å². The van der Waals surface area contributed by atoms with E-state index in [0.29, 0.717) is 23.0 Å². The number of rotatable bonds is 5. The van der Waals surface area contributed by atoms with Crippen LogP contribution in [0.4, 0.5) is 5.69 Å². The van der Waals surface area contributed by atoms with Crippen molar-refractivity contribution in [1.82, 2.24) is 5.32 Å². The third-order valence-corrected chi connectivity index (χ3v) is 3.08. The van der Waals surface area contributed by atoms with Gasteiger partial charge in [0.25, 0.3) is 0 Å². The van der Waals surface area contributed by atoms with Crippen molar-refractivity contribution in [2.75, 3.05) is 18.0 Å². The van der Waals surface area contributed by atoms with Crippen LogP contribution in [-0.4, -0.2) is 18.2 Å². The molecule has 0 aromatic heterocycles. The number of halogens is 1. The van der Waals surface area contributed by atoms with Crippen LogP contribution in [0.3, 0.4) is 0 Å². The number of hydrogen-bond acceptors (Lipinski definition) is 3. The Hall–Kier alpha value is -1.13. The minimum atomic E-state index is -0.0516. The number of amides is 1. The molecule has 0 aliphatic heterocycles.